The van der Waals surface area contributed by atoms with Gasteiger partial charge in [-0.1, -0.05) is 42.5 Å². The molecule has 0 nitrogen and oxygen atoms in total. The molecular formula is C16H10F. The lowest BCUT2D eigenvalue weighted by Crippen LogP contribution is -1.81. The number of hydrogen-bond donors (Lipinski definition) is 0. The summed E-state index contributed by atoms with van der Waals surface area (Å²) in [4.78, 5) is 0. The zero-order valence-electron chi connectivity index (χ0n) is 9.15. The molecule has 0 aliphatic carbocycles. The van der Waals surface area contributed by atoms with Gasteiger partial charge in [0.15, 0.2) is 0 Å². The van der Waals surface area contributed by atoms with E-state index < -0.39 is 0 Å². The molecule has 1 heteroatoms. The summed E-state index contributed by atoms with van der Waals surface area (Å²) in [6.07, 6.45) is 0. The molecule has 0 saturated carbocycles. The molecule has 1 radical (unpaired) electrons. The van der Waals surface area contributed by atoms with Crippen LogP contribution >= 0.6 is 0 Å². The van der Waals surface area contributed by atoms with Gasteiger partial charge in [0.1, 0.15) is 5.82 Å². The Balaban J connectivity index is 2.27. The second-order valence-electron chi connectivity index (χ2n) is 3.96. The van der Waals surface area contributed by atoms with Crippen LogP contribution in [0.1, 0.15) is 0 Å². The summed E-state index contributed by atoms with van der Waals surface area (Å²) in [7, 11) is 0. The van der Waals surface area contributed by atoms with Gasteiger partial charge >= 0.3 is 0 Å². The molecule has 3 rings (SSSR count). The van der Waals surface area contributed by atoms with Gasteiger partial charge in [-0.3, -0.25) is 0 Å². The third kappa shape index (κ3) is 1.80. The van der Waals surface area contributed by atoms with Crippen LogP contribution in [0.3, 0.4) is 0 Å². The van der Waals surface area contributed by atoms with Gasteiger partial charge in [-0.05, 0) is 46.2 Å². The molecule has 0 spiro atoms. The molecule has 0 amide bonds. The maximum Gasteiger partial charge on any atom is 0.123 e. The highest BCUT2D eigenvalue weighted by atomic mass is 19.1. The molecule has 3 aromatic carbocycles. The number of benzene rings is 3. The minimum atomic E-state index is -0.206. The van der Waals surface area contributed by atoms with Crippen LogP contribution < -0.4 is 0 Å². The van der Waals surface area contributed by atoms with E-state index in [2.05, 4.69) is 18.2 Å². The molecule has 0 unspecified atom stereocenters. The van der Waals surface area contributed by atoms with Crippen molar-refractivity contribution in [2.24, 2.45) is 0 Å². The molecule has 0 aliphatic rings. The monoisotopic (exact) mass is 221 g/mol. The SMILES string of the molecule is Fc1ccc(-c2cccc3c[c]ccc23)cc1. The normalized spacial score (nSPS) is 10.6. The molecule has 0 saturated heterocycles. The van der Waals surface area contributed by atoms with E-state index in [1.165, 1.54) is 12.1 Å². The second kappa shape index (κ2) is 4.02. The number of fused-ring (bicyclic) bond motifs is 1. The smallest absolute Gasteiger partial charge is 0.123 e. The van der Waals surface area contributed by atoms with Crippen molar-refractivity contribution in [1.29, 1.82) is 0 Å². The summed E-state index contributed by atoms with van der Waals surface area (Å²) in [5, 5.41) is 2.31. The molecule has 0 atom stereocenters. The first kappa shape index (κ1) is 10.0. The fourth-order valence-corrected chi connectivity index (χ4v) is 2.05. The highest BCUT2D eigenvalue weighted by Gasteiger charge is 2.02. The molecule has 81 valence electrons. The molecule has 0 N–H and O–H groups in total. The third-order valence-electron chi connectivity index (χ3n) is 2.88. The second-order valence-corrected chi connectivity index (χ2v) is 3.96. The average Bonchev–Trinajstić information content (AvgIpc) is 2.39. The van der Waals surface area contributed by atoms with Crippen LogP contribution in [0.5, 0.6) is 0 Å². The van der Waals surface area contributed by atoms with Crippen molar-refractivity contribution in [1.82, 2.24) is 0 Å². The molecular weight excluding hydrogens is 211 g/mol. The lowest BCUT2D eigenvalue weighted by atomic mass is 9.98. The van der Waals surface area contributed by atoms with Gasteiger partial charge in [-0.25, -0.2) is 4.39 Å². The quantitative estimate of drug-likeness (QED) is 0.569. The standard InChI is InChI=1S/C16H10F/c17-14-10-8-13(9-11-14)16-7-3-5-12-4-1-2-6-15(12)16/h2-11H. The van der Waals surface area contributed by atoms with Crippen LogP contribution in [0, 0.1) is 11.9 Å². The topological polar surface area (TPSA) is 0 Å². The van der Waals surface area contributed by atoms with Crippen molar-refractivity contribution < 1.29 is 4.39 Å². The van der Waals surface area contributed by atoms with Crippen LogP contribution in [0.4, 0.5) is 4.39 Å². The van der Waals surface area contributed by atoms with Crippen molar-refractivity contribution in [2.45, 2.75) is 0 Å². The molecule has 0 aliphatic heterocycles. The summed E-state index contributed by atoms with van der Waals surface area (Å²) >= 11 is 0. The predicted molar refractivity (Wildman–Crippen MR) is 68.2 cm³/mol. The Kier molecular flexibility index (Phi) is 2.37. The van der Waals surface area contributed by atoms with Gasteiger partial charge in [0, 0.05) is 0 Å². The molecule has 0 aromatic heterocycles. The highest BCUT2D eigenvalue weighted by Crippen LogP contribution is 2.28. The number of hydrogen-bond acceptors (Lipinski definition) is 0. The van der Waals surface area contributed by atoms with E-state index in [4.69, 9.17) is 0 Å². The van der Waals surface area contributed by atoms with E-state index >= 15 is 0 Å². The summed E-state index contributed by atoms with van der Waals surface area (Å²) < 4.78 is 12.9. The Labute approximate surface area is 99.3 Å². The molecule has 0 fully saturated rings. The molecule has 0 heterocycles. The Hall–Kier alpha value is -2.15. The Morgan fingerprint density at radius 2 is 1.71 bits per heavy atom. The first-order valence-electron chi connectivity index (χ1n) is 5.49. The predicted octanol–water partition coefficient (Wildman–Crippen LogP) is 4.45. The van der Waals surface area contributed by atoms with Crippen LogP contribution in [0.15, 0.2) is 60.7 Å². The maximum atomic E-state index is 12.9. The van der Waals surface area contributed by atoms with Crippen molar-refractivity contribution in [3.8, 4) is 11.1 Å². The van der Waals surface area contributed by atoms with Crippen molar-refractivity contribution in [2.75, 3.05) is 0 Å². The van der Waals surface area contributed by atoms with Crippen LogP contribution in [-0.4, -0.2) is 0 Å². The Bertz CT molecular complexity index is 648. The van der Waals surface area contributed by atoms with Crippen LogP contribution in [0.2, 0.25) is 0 Å². The lowest BCUT2D eigenvalue weighted by Gasteiger charge is -2.06. The zero-order valence-corrected chi connectivity index (χ0v) is 9.15. The number of halogens is 1. The van der Waals surface area contributed by atoms with E-state index in [0.717, 1.165) is 21.9 Å². The van der Waals surface area contributed by atoms with Gasteiger partial charge in [-0.15, -0.1) is 0 Å². The van der Waals surface area contributed by atoms with Crippen molar-refractivity contribution in [3.63, 3.8) is 0 Å². The van der Waals surface area contributed by atoms with Crippen LogP contribution in [-0.2, 0) is 0 Å². The summed E-state index contributed by atoms with van der Waals surface area (Å²) in [5.41, 5.74) is 2.15. The maximum absolute atomic E-state index is 12.9. The van der Waals surface area contributed by atoms with Crippen LogP contribution in [0.25, 0.3) is 21.9 Å². The molecule has 17 heavy (non-hydrogen) atoms. The first-order valence-corrected chi connectivity index (χ1v) is 5.49. The van der Waals surface area contributed by atoms with Gasteiger partial charge < -0.3 is 0 Å². The van der Waals surface area contributed by atoms with Gasteiger partial charge in [0.25, 0.3) is 0 Å². The zero-order chi connectivity index (χ0) is 11.7. The fourth-order valence-electron chi connectivity index (χ4n) is 2.05. The van der Waals surface area contributed by atoms with Crippen molar-refractivity contribution >= 4 is 10.8 Å². The fraction of sp³-hybridized carbons (Fsp3) is 0. The van der Waals surface area contributed by atoms with Crippen molar-refractivity contribution in [3.05, 3.63) is 72.5 Å². The first-order chi connectivity index (χ1) is 8.34. The Morgan fingerprint density at radius 1 is 0.882 bits per heavy atom. The summed E-state index contributed by atoms with van der Waals surface area (Å²) in [6, 6.07) is 21.7. The van der Waals surface area contributed by atoms with Gasteiger partial charge in [0.2, 0.25) is 0 Å². The Morgan fingerprint density at radius 3 is 2.53 bits per heavy atom. The average molecular weight is 221 g/mol. The van der Waals surface area contributed by atoms with E-state index in [0.29, 0.717) is 0 Å². The summed E-state index contributed by atoms with van der Waals surface area (Å²) in [6.45, 7) is 0. The van der Waals surface area contributed by atoms with Gasteiger partial charge in [-0.2, -0.15) is 0 Å². The van der Waals surface area contributed by atoms with E-state index in [9.17, 15) is 4.39 Å². The highest BCUT2D eigenvalue weighted by molar-refractivity contribution is 5.96. The summed E-state index contributed by atoms with van der Waals surface area (Å²) in [5.74, 6) is -0.206. The largest absolute Gasteiger partial charge is 0.207 e. The van der Waals surface area contributed by atoms with Gasteiger partial charge in [0.05, 0.1) is 0 Å². The molecule has 0 bridgehead atoms. The van der Waals surface area contributed by atoms with E-state index in [-0.39, 0.29) is 5.82 Å². The number of rotatable bonds is 1. The minimum absolute atomic E-state index is 0.206. The minimum Gasteiger partial charge on any atom is -0.207 e. The lowest BCUT2D eigenvalue weighted by molar-refractivity contribution is 0.628. The van der Waals surface area contributed by atoms with E-state index in [1.807, 2.05) is 24.3 Å². The third-order valence-corrected chi connectivity index (χ3v) is 2.88. The van der Waals surface area contributed by atoms with E-state index in [1.54, 1.807) is 12.1 Å². The molecule has 3 aromatic rings.